The van der Waals surface area contributed by atoms with Gasteiger partial charge in [-0.05, 0) is 73.9 Å². The van der Waals surface area contributed by atoms with Crippen LogP contribution in [-0.2, 0) is 42.5 Å². The van der Waals surface area contributed by atoms with Crippen molar-refractivity contribution in [3.63, 3.8) is 0 Å². The number of benzene rings is 2. The number of hydrogen-bond donors (Lipinski definition) is 0. The third-order valence-electron chi connectivity index (χ3n) is 6.57. The van der Waals surface area contributed by atoms with E-state index in [1.54, 1.807) is 0 Å². The molecule has 0 saturated heterocycles. The van der Waals surface area contributed by atoms with Gasteiger partial charge in [0.25, 0.3) is 0 Å². The predicted octanol–water partition coefficient (Wildman–Crippen LogP) is 0.836. The molecule has 3 rings (SSSR count). The number of aromatic nitrogens is 1. The van der Waals surface area contributed by atoms with Gasteiger partial charge in [0.1, 0.15) is 0 Å². The molecule has 2 aromatic carbocycles. The monoisotopic (exact) mass is 679 g/mol. The van der Waals surface area contributed by atoms with Crippen molar-refractivity contribution in [2.45, 2.75) is 92.9 Å². The molecular formula is C33H42Cl4CoN3. The summed E-state index contributed by atoms with van der Waals surface area (Å²) in [4.78, 5) is 15.2. The second-order valence-corrected chi connectivity index (χ2v) is 10.2. The van der Waals surface area contributed by atoms with Crippen LogP contribution in [0.5, 0.6) is 0 Å². The molecule has 3 nitrogen and oxygen atoms in total. The zero-order chi connectivity index (χ0) is 26.8. The Morgan fingerprint density at radius 3 is 1.17 bits per heavy atom. The number of nitrogens with zero attached hydrogens (tertiary/aromatic N) is 3. The van der Waals surface area contributed by atoms with E-state index < -0.39 is 0 Å². The molecule has 0 N–H and O–H groups in total. The molecule has 0 fully saturated rings. The van der Waals surface area contributed by atoms with Crippen LogP contribution in [0.2, 0.25) is 5.02 Å². The van der Waals surface area contributed by atoms with Gasteiger partial charge in [0.2, 0.25) is 0 Å². The summed E-state index contributed by atoms with van der Waals surface area (Å²) in [7, 11) is 0. The summed E-state index contributed by atoms with van der Waals surface area (Å²) >= 11 is 6.62. The molecule has 8 heteroatoms. The summed E-state index contributed by atoms with van der Waals surface area (Å²) in [5.74, 6) is 0. The molecule has 0 amide bonds. The predicted molar refractivity (Wildman–Crippen MR) is 162 cm³/mol. The number of aliphatic imine (C=N–C) groups is 2. The summed E-state index contributed by atoms with van der Waals surface area (Å²) in [6.45, 7) is 12.9. The topological polar surface area (TPSA) is 37.6 Å². The minimum absolute atomic E-state index is 0. The Kier molecular flexibility index (Phi) is 21.7. The van der Waals surface area contributed by atoms with Crippen LogP contribution in [0.4, 0.5) is 11.4 Å². The van der Waals surface area contributed by atoms with Crippen LogP contribution in [0.15, 0.2) is 58.5 Å². The van der Waals surface area contributed by atoms with Gasteiger partial charge in [-0.25, -0.2) is 4.98 Å². The molecule has 0 unspecified atom stereocenters. The summed E-state index contributed by atoms with van der Waals surface area (Å²) in [6, 6.07) is 16.9. The molecule has 0 radical (unpaired) electrons. The van der Waals surface area contributed by atoms with Crippen molar-refractivity contribution < 1.29 is 54.0 Å². The van der Waals surface area contributed by atoms with E-state index in [9.17, 15) is 0 Å². The largest absolute Gasteiger partial charge is 3.00 e. The summed E-state index contributed by atoms with van der Waals surface area (Å²) in [6.07, 6.45) is 8.42. The van der Waals surface area contributed by atoms with Gasteiger partial charge in [-0.1, -0.05) is 101 Å². The maximum absolute atomic E-state index is 6.62. The number of aryl methyl sites for hydroxylation is 4. The third kappa shape index (κ3) is 11.7. The van der Waals surface area contributed by atoms with Crippen molar-refractivity contribution in [3.8, 4) is 0 Å². The molecule has 0 aliphatic carbocycles. The Labute approximate surface area is 281 Å². The number of para-hydroxylation sites is 2. The van der Waals surface area contributed by atoms with Gasteiger partial charge in [-0.15, -0.1) is 0 Å². The van der Waals surface area contributed by atoms with Crippen LogP contribution in [-0.4, -0.2) is 16.4 Å². The molecule has 41 heavy (non-hydrogen) atoms. The van der Waals surface area contributed by atoms with E-state index in [0.717, 1.165) is 85.6 Å². The van der Waals surface area contributed by atoms with Crippen LogP contribution in [0, 0.1) is 0 Å². The first kappa shape index (κ1) is 41.7. The molecule has 1 heterocycles. The van der Waals surface area contributed by atoms with E-state index in [1.165, 1.54) is 22.3 Å². The SMILES string of the molecule is CCCc1cccc(CCC)c1N=C(C)c1cc(Cl)cc(C(C)=Nc2c(CCC)cccc2CCC)n1.[Cl-].[Cl-].[Cl-].[Co+3]. The number of pyridine rings is 1. The summed E-state index contributed by atoms with van der Waals surface area (Å²) in [5, 5.41) is 0.648. The molecule has 1 aromatic heterocycles. The Balaban J connectivity index is 0. The van der Waals surface area contributed by atoms with Gasteiger partial charge in [-0.3, -0.25) is 9.98 Å². The molecule has 226 valence electrons. The van der Waals surface area contributed by atoms with E-state index in [2.05, 4.69) is 64.1 Å². The van der Waals surface area contributed by atoms with E-state index >= 15 is 0 Å². The third-order valence-corrected chi connectivity index (χ3v) is 6.79. The first-order chi connectivity index (χ1) is 17.9. The second-order valence-electron chi connectivity index (χ2n) is 9.80. The van der Waals surface area contributed by atoms with Crippen LogP contribution >= 0.6 is 11.6 Å². The van der Waals surface area contributed by atoms with E-state index in [1.807, 2.05) is 26.0 Å². The fourth-order valence-electron chi connectivity index (χ4n) is 4.78. The average Bonchev–Trinajstić information content (AvgIpc) is 2.87. The van der Waals surface area contributed by atoms with Crippen LogP contribution in [0.1, 0.15) is 101 Å². The Bertz CT molecular complexity index is 1130. The standard InChI is InChI=1S/C33H42ClN3.3ClH.Co/c1-7-13-25-17-11-18-26(14-8-2)32(25)35-23(5)30-21-29(34)22-31(37-30)24(6)36-33-27(15-9-3)19-12-20-28(33)16-10-4;;;;/h11-12,17-22H,7-10,13-16H2,1-6H3;3*1H;/q;;;;+3/p-3. The van der Waals surface area contributed by atoms with Gasteiger partial charge in [0.05, 0.1) is 34.2 Å². The van der Waals surface area contributed by atoms with E-state index in [0.29, 0.717) is 5.02 Å². The average molecular weight is 681 g/mol. The number of hydrogen-bond acceptors (Lipinski definition) is 3. The normalized spacial score (nSPS) is 11.1. The Hall–Kier alpha value is -1.40. The molecular weight excluding hydrogens is 639 g/mol. The van der Waals surface area contributed by atoms with Crippen LogP contribution in [0.3, 0.4) is 0 Å². The first-order valence-corrected chi connectivity index (χ1v) is 14.3. The van der Waals surface area contributed by atoms with Crippen molar-refractivity contribution in [3.05, 3.63) is 87.2 Å². The van der Waals surface area contributed by atoms with E-state index in [-0.39, 0.29) is 54.0 Å². The van der Waals surface area contributed by atoms with Gasteiger partial charge in [0.15, 0.2) is 0 Å². The van der Waals surface area contributed by atoms with Crippen molar-refractivity contribution >= 4 is 34.4 Å². The molecule has 0 aliphatic rings. The number of rotatable bonds is 12. The fraction of sp³-hybridized carbons (Fsp3) is 0.424. The minimum atomic E-state index is 0. The van der Waals surface area contributed by atoms with Crippen molar-refractivity contribution in [2.75, 3.05) is 0 Å². The smallest absolute Gasteiger partial charge is 1.00 e. The van der Waals surface area contributed by atoms with Gasteiger partial charge in [0, 0.05) is 5.02 Å². The first-order valence-electron chi connectivity index (χ1n) is 13.9. The van der Waals surface area contributed by atoms with Gasteiger partial charge < -0.3 is 37.2 Å². The van der Waals surface area contributed by atoms with Gasteiger partial charge >= 0.3 is 16.8 Å². The summed E-state index contributed by atoms with van der Waals surface area (Å²) < 4.78 is 0. The molecule has 3 aromatic rings. The maximum Gasteiger partial charge on any atom is 3.00 e. The zero-order valence-electron chi connectivity index (χ0n) is 25.0. The molecule has 0 aliphatic heterocycles. The van der Waals surface area contributed by atoms with E-state index in [4.69, 9.17) is 26.6 Å². The molecule has 0 saturated carbocycles. The van der Waals surface area contributed by atoms with Crippen molar-refractivity contribution in [2.24, 2.45) is 9.98 Å². The number of halogens is 4. The fourth-order valence-corrected chi connectivity index (χ4v) is 4.99. The van der Waals surface area contributed by atoms with Crippen molar-refractivity contribution in [1.82, 2.24) is 4.98 Å². The van der Waals surface area contributed by atoms with Crippen LogP contribution < -0.4 is 37.2 Å². The summed E-state index contributed by atoms with van der Waals surface area (Å²) in [5.41, 5.74) is 10.7. The molecule has 0 atom stereocenters. The maximum atomic E-state index is 6.62. The van der Waals surface area contributed by atoms with Crippen LogP contribution in [0.25, 0.3) is 0 Å². The minimum Gasteiger partial charge on any atom is -1.00 e. The molecule has 0 bridgehead atoms. The van der Waals surface area contributed by atoms with Crippen molar-refractivity contribution in [1.29, 1.82) is 0 Å². The Morgan fingerprint density at radius 1 is 0.610 bits per heavy atom. The molecule has 0 spiro atoms. The van der Waals surface area contributed by atoms with Gasteiger partial charge in [-0.2, -0.15) is 0 Å². The second kappa shape index (κ2) is 21.3. The Morgan fingerprint density at radius 2 is 0.902 bits per heavy atom. The quantitative estimate of drug-likeness (QED) is 0.262. The zero-order valence-corrected chi connectivity index (χ0v) is 29.0.